The van der Waals surface area contributed by atoms with Gasteiger partial charge in [0.05, 0.1) is 5.92 Å². The molecule has 2 N–H and O–H groups in total. The maximum atomic E-state index is 10.8. The van der Waals surface area contributed by atoms with Gasteiger partial charge in [-0.3, -0.25) is 4.79 Å². The SMILES string of the molecule is CCCC(CNc1ncccn1)C(=O)O. The molecular weight excluding hydrogens is 194 g/mol. The summed E-state index contributed by atoms with van der Waals surface area (Å²) in [4.78, 5) is 18.7. The van der Waals surface area contributed by atoms with Crippen molar-refractivity contribution in [1.29, 1.82) is 0 Å². The van der Waals surface area contributed by atoms with E-state index >= 15 is 0 Å². The lowest BCUT2D eigenvalue weighted by Gasteiger charge is -2.11. The molecule has 1 atom stereocenters. The molecule has 0 bridgehead atoms. The lowest BCUT2D eigenvalue weighted by atomic mass is 10.0. The molecule has 0 radical (unpaired) electrons. The molecule has 0 saturated carbocycles. The first-order valence-electron chi connectivity index (χ1n) is 4.97. The summed E-state index contributed by atoms with van der Waals surface area (Å²) in [6.07, 6.45) is 4.75. The number of rotatable bonds is 6. The maximum absolute atomic E-state index is 10.8. The van der Waals surface area contributed by atoms with E-state index in [0.29, 0.717) is 18.9 Å². The van der Waals surface area contributed by atoms with Crippen LogP contribution in [0.4, 0.5) is 5.95 Å². The zero-order valence-electron chi connectivity index (χ0n) is 8.68. The van der Waals surface area contributed by atoms with Crippen molar-refractivity contribution in [1.82, 2.24) is 9.97 Å². The van der Waals surface area contributed by atoms with Crippen molar-refractivity contribution in [3.05, 3.63) is 18.5 Å². The summed E-state index contributed by atoms with van der Waals surface area (Å²) >= 11 is 0. The minimum absolute atomic E-state index is 0.368. The van der Waals surface area contributed by atoms with Crippen molar-refractivity contribution in [2.45, 2.75) is 19.8 Å². The highest BCUT2D eigenvalue weighted by molar-refractivity contribution is 5.70. The molecule has 0 amide bonds. The van der Waals surface area contributed by atoms with Gasteiger partial charge in [-0.05, 0) is 12.5 Å². The molecule has 1 heterocycles. The first-order valence-corrected chi connectivity index (χ1v) is 4.97. The molecule has 5 nitrogen and oxygen atoms in total. The summed E-state index contributed by atoms with van der Waals surface area (Å²) in [6, 6.07) is 1.71. The van der Waals surface area contributed by atoms with Gasteiger partial charge in [0.25, 0.3) is 0 Å². The van der Waals surface area contributed by atoms with Crippen molar-refractivity contribution in [2.75, 3.05) is 11.9 Å². The van der Waals surface area contributed by atoms with E-state index in [1.165, 1.54) is 0 Å². The molecule has 15 heavy (non-hydrogen) atoms. The van der Waals surface area contributed by atoms with Gasteiger partial charge in [0.15, 0.2) is 0 Å². The second kappa shape index (κ2) is 5.95. The zero-order chi connectivity index (χ0) is 11.1. The molecule has 1 aromatic rings. The predicted octanol–water partition coefficient (Wildman–Crippen LogP) is 1.39. The van der Waals surface area contributed by atoms with Gasteiger partial charge < -0.3 is 10.4 Å². The zero-order valence-corrected chi connectivity index (χ0v) is 8.68. The molecular formula is C10H15N3O2. The largest absolute Gasteiger partial charge is 0.481 e. The standard InChI is InChI=1S/C10H15N3O2/c1-2-4-8(9(14)15)7-13-10-11-5-3-6-12-10/h3,5-6,8H,2,4,7H2,1H3,(H,14,15)(H,11,12,13). The summed E-state index contributed by atoms with van der Waals surface area (Å²) in [5, 5.41) is 11.8. The molecule has 0 aliphatic rings. The van der Waals surface area contributed by atoms with Crippen LogP contribution in [-0.2, 0) is 4.79 Å². The van der Waals surface area contributed by atoms with Crippen LogP contribution in [0.5, 0.6) is 0 Å². The average molecular weight is 209 g/mol. The van der Waals surface area contributed by atoms with E-state index in [4.69, 9.17) is 5.11 Å². The quantitative estimate of drug-likeness (QED) is 0.740. The Bertz CT molecular complexity index is 303. The van der Waals surface area contributed by atoms with Gasteiger partial charge in [-0.2, -0.15) is 0 Å². The third-order valence-electron chi connectivity index (χ3n) is 2.06. The van der Waals surface area contributed by atoms with E-state index in [9.17, 15) is 4.79 Å². The number of carboxylic acid groups (broad SMARTS) is 1. The number of carbonyl (C=O) groups is 1. The van der Waals surface area contributed by atoms with E-state index in [1.807, 2.05) is 6.92 Å². The fraction of sp³-hybridized carbons (Fsp3) is 0.500. The summed E-state index contributed by atoms with van der Waals surface area (Å²) < 4.78 is 0. The van der Waals surface area contributed by atoms with Crippen LogP contribution in [0.15, 0.2) is 18.5 Å². The van der Waals surface area contributed by atoms with Gasteiger partial charge in [-0.15, -0.1) is 0 Å². The molecule has 1 aromatic heterocycles. The molecule has 0 aliphatic carbocycles. The second-order valence-electron chi connectivity index (χ2n) is 3.28. The van der Waals surface area contributed by atoms with Crippen molar-refractivity contribution in [3.63, 3.8) is 0 Å². The highest BCUT2D eigenvalue weighted by Crippen LogP contribution is 2.07. The van der Waals surface area contributed by atoms with Crippen molar-refractivity contribution in [3.8, 4) is 0 Å². The van der Waals surface area contributed by atoms with Crippen LogP contribution < -0.4 is 5.32 Å². The van der Waals surface area contributed by atoms with Crippen LogP contribution in [0.1, 0.15) is 19.8 Å². The highest BCUT2D eigenvalue weighted by Gasteiger charge is 2.15. The number of aliphatic carboxylic acids is 1. The van der Waals surface area contributed by atoms with Crippen LogP contribution in [0.3, 0.4) is 0 Å². The first kappa shape index (κ1) is 11.4. The lowest BCUT2D eigenvalue weighted by Crippen LogP contribution is -2.23. The number of nitrogens with one attached hydrogen (secondary N) is 1. The molecule has 82 valence electrons. The molecule has 0 spiro atoms. The number of hydrogen-bond donors (Lipinski definition) is 2. The van der Waals surface area contributed by atoms with Crippen LogP contribution in [0, 0.1) is 5.92 Å². The number of anilines is 1. The molecule has 1 unspecified atom stereocenters. The first-order chi connectivity index (χ1) is 7.24. The fourth-order valence-corrected chi connectivity index (χ4v) is 1.27. The Morgan fingerprint density at radius 1 is 1.53 bits per heavy atom. The Kier molecular flexibility index (Phi) is 4.53. The molecule has 0 aliphatic heterocycles. The number of hydrogen-bond acceptors (Lipinski definition) is 4. The average Bonchev–Trinajstić information content (AvgIpc) is 2.25. The van der Waals surface area contributed by atoms with Gasteiger partial charge in [0.1, 0.15) is 0 Å². The Morgan fingerprint density at radius 3 is 2.73 bits per heavy atom. The Morgan fingerprint density at radius 2 is 2.20 bits per heavy atom. The molecule has 1 rings (SSSR count). The van der Waals surface area contributed by atoms with E-state index in [0.717, 1.165) is 6.42 Å². The normalized spacial score (nSPS) is 12.1. The van der Waals surface area contributed by atoms with Gasteiger partial charge in [0, 0.05) is 18.9 Å². The smallest absolute Gasteiger partial charge is 0.308 e. The van der Waals surface area contributed by atoms with Crippen molar-refractivity contribution < 1.29 is 9.90 Å². The summed E-state index contributed by atoms with van der Waals surface area (Å²) in [6.45, 7) is 2.34. The van der Waals surface area contributed by atoms with Crippen LogP contribution >= 0.6 is 0 Å². The van der Waals surface area contributed by atoms with Crippen LogP contribution in [-0.4, -0.2) is 27.6 Å². The second-order valence-corrected chi connectivity index (χ2v) is 3.28. The Balaban J connectivity index is 2.43. The van der Waals surface area contributed by atoms with E-state index < -0.39 is 5.97 Å². The summed E-state index contributed by atoms with van der Waals surface area (Å²) in [5.74, 6) is -0.682. The number of aromatic nitrogens is 2. The monoisotopic (exact) mass is 209 g/mol. The van der Waals surface area contributed by atoms with Gasteiger partial charge in [0.2, 0.25) is 5.95 Å². The van der Waals surface area contributed by atoms with Gasteiger partial charge in [-0.1, -0.05) is 13.3 Å². The Labute approximate surface area is 88.6 Å². The molecule has 5 heteroatoms. The third-order valence-corrected chi connectivity index (χ3v) is 2.06. The predicted molar refractivity (Wildman–Crippen MR) is 56.6 cm³/mol. The third kappa shape index (κ3) is 3.93. The summed E-state index contributed by atoms with van der Waals surface area (Å²) in [7, 11) is 0. The molecule has 0 fully saturated rings. The van der Waals surface area contributed by atoms with E-state index in [1.54, 1.807) is 18.5 Å². The molecule has 0 aromatic carbocycles. The van der Waals surface area contributed by atoms with Gasteiger partial charge in [-0.25, -0.2) is 9.97 Å². The fourth-order valence-electron chi connectivity index (χ4n) is 1.27. The number of nitrogens with zero attached hydrogens (tertiary/aromatic N) is 2. The van der Waals surface area contributed by atoms with Crippen LogP contribution in [0.25, 0.3) is 0 Å². The Hall–Kier alpha value is -1.65. The minimum atomic E-state index is -0.778. The van der Waals surface area contributed by atoms with Crippen molar-refractivity contribution >= 4 is 11.9 Å². The molecule has 0 saturated heterocycles. The van der Waals surface area contributed by atoms with Crippen LogP contribution in [0.2, 0.25) is 0 Å². The van der Waals surface area contributed by atoms with Gasteiger partial charge >= 0.3 is 5.97 Å². The lowest BCUT2D eigenvalue weighted by molar-refractivity contribution is -0.141. The van der Waals surface area contributed by atoms with Crippen molar-refractivity contribution in [2.24, 2.45) is 5.92 Å². The topological polar surface area (TPSA) is 75.1 Å². The summed E-state index contributed by atoms with van der Waals surface area (Å²) in [5.41, 5.74) is 0. The van der Waals surface area contributed by atoms with E-state index in [-0.39, 0.29) is 5.92 Å². The van der Waals surface area contributed by atoms with E-state index in [2.05, 4.69) is 15.3 Å². The number of carboxylic acids is 1. The minimum Gasteiger partial charge on any atom is -0.481 e. The maximum Gasteiger partial charge on any atom is 0.308 e. The highest BCUT2D eigenvalue weighted by atomic mass is 16.4.